The van der Waals surface area contributed by atoms with Crippen molar-refractivity contribution in [2.45, 2.75) is 19.9 Å². The Bertz CT molecular complexity index is 616. The molecule has 2 aromatic carbocycles. The molecular formula is C17H19ClFNO. The van der Waals surface area contributed by atoms with Gasteiger partial charge in [0.05, 0.1) is 7.11 Å². The van der Waals surface area contributed by atoms with Crippen LogP contribution in [0.3, 0.4) is 0 Å². The largest absolute Gasteiger partial charge is 0.494 e. The van der Waals surface area contributed by atoms with Crippen LogP contribution in [0.15, 0.2) is 36.4 Å². The zero-order chi connectivity index (χ0) is 15.2. The number of hydrogen-bond donors (Lipinski definition) is 1. The van der Waals surface area contributed by atoms with Gasteiger partial charge in [-0.3, -0.25) is 0 Å². The highest BCUT2D eigenvalue weighted by molar-refractivity contribution is 6.30. The van der Waals surface area contributed by atoms with Gasteiger partial charge in [-0.15, -0.1) is 0 Å². The lowest BCUT2D eigenvalue weighted by Crippen LogP contribution is -2.14. The van der Waals surface area contributed by atoms with Crippen LogP contribution in [0.5, 0.6) is 5.75 Å². The van der Waals surface area contributed by atoms with Crippen molar-refractivity contribution in [2.24, 2.45) is 0 Å². The fourth-order valence-electron chi connectivity index (χ4n) is 2.23. The average Bonchev–Trinajstić information content (AvgIpc) is 2.49. The Morgan fingerprint density at radius 2 is 2.00 bits per heavy atom. The van der Waals surface area contributed by atoms with Crippen molar-refractivity contribution in [2.75, 3.05) is 13.7 Å². The van der Waals surface area contributed by atoms with Gasteiger partial charge >= 0.3 is 0 Å². The van der Waals surface area contributed by atoms with E-state index in [1.807, 2.05) is 12.1 Å². The van der Waals surface area contributed by atoms with Crippen LogP contribution in [-0.4, -0.2) is 13.7 Å². The lowest BCUT2D eigenvalue weighted by molar-refractivity contribution is 0.387. The second-order valence-corrected chi connectivity index (χ2v) is 5.24. The maximum atomic E-state index is 14.5. The third-order valence-electron chi connectivity index (χ3n) is 3.29. The zero-order valence-electron chi connectivity index (χ0n) is 12.2. The first-order valence-corrected chi connectivity index (χ1v) is 7.37. The van der Waals surface area contributed by atoms with Gasteiger partial charge in [0.25, 0.3) is 0 Å². The lowest BCUT2D eigenvalue weighted by Gasteiger charge is -2.13. The van der Waals surface area contributed by atoms with Gasteiger partial charge < -0.3 is 10.1 Å². The van der Waals surface area contributed by atoms with Gasteiger partial charge in [-0.1, -0.05) is 36.7 Å². The third-order valence-corrected chi connectivity index (χ3v) is 3.52. The normalized spacial score (nSPS) is 10.7. The summed E-state index contributed by atoms with van der Waals surface area (Å²) < 4.78 is 19.5. The molecule has 0 aliphatic heterocycles. The van der Waals surface area contributed by atoms with E-state index >= 15 is 0 Å². The SMILES string of the molecule is CCCNCc1ccc(Cl)cc1-c1cccc(OC)c1F. The molecule has 0 saturated carbocycles. The summed E-state index contributed by atoms with van der Waals surface area (Å²) in [7, 11) is 1.46. The second-order valence-electron chi connectivity index (χ2n) is 4.80. The van der Waals surface area contributed by atoms with Gasteiger partial charge in [0.15, 0.2) is 11.6 Å². The summed E-state index contributed by atoms with van der Waals surface area (Å²) in [5, 5.41) is 3.92. The minimum atomic E-state index is -0.362. The van der Waals surface area contributed by atoms with Crippen molar-refractivity contribution >= 4 is 11.6 Å². The average molecular weight is 308 g/mol. The first-order chi connectivity index (χ1) is 10.2. The van der Waals surface area contributed by atoms with Crippen LogP contribution in [0.25, 0.3) is 11.1 Å². The van der Waals surface area contributed by atoms with Crippen molar-refractivity contribution < 1.29 is 9.13 Å². The molecule has 2 rings (SSSR count). The molecule has 0 amide bonds. The molecule has 0 unspecified atom stereocenters. The van der Waals surface area contributed by atoms with E-state index in [0.29, 0.717) is 17.1 Å². The van der Waals surface area contributed by atoms with Crippen molar-refractivity contribution in [1.82, 2.24) is 5.32 Å². The minimum absolute atomic E-state index is 0.236. The smallest absolute Gasteiger partial charge is 0.172 e. The third kappa shape index (κ3) is 3.74. The Kier molecular flexibility index (Phi) is 5.59. The fourth-order valence-corrected chi connectivity index (χ4v) is 2.40. The van der Waals surface area contributed by atoms with Crippen LogP contribution in [0.1, 0.15) is 18.9 Å². The first-order valence-electron chi connectivity index (χ1n) is 6.99. The Balaban J connectivity index is 2.44. The van der Waals surface area contributed by atoms with E-state index in [9.17, 15) is 4.39 Å². The Morgan fingerprint density at radius 1 is 1.19 bits per heavy atom. The van der Waals surface area contributed by atoms with Crippen molar-refractivity contribution in [3.05, 3.63) is 52.8 Å². The summed E-state index contributed by atoms with van der Waals surface area (Å²) in [5.41, 5.74) is 2.31. The molecule has 0 aromatic heterocycles. The van der Waals surface area contributed by atoms with E-state index in [1.165, 1.54) is 7.11 Å². The summed E-state index contributed by atoms with van der Waals surface area (Å²) in [6.45, 7) is 3.71. The van der Waals surface area contributed by atoms with Gasteiger partial charge in [-0.25, -0.2) is 4.39 Å². The molecule has 0 fully saturated rings. The number of ether oxygens (including phenoxy) is 1. The molecule has 0 saturated heterocycles. The van der Waals surface area contributed by atoms with E-state index in [0.717, 1.165) is 24.1 Å². The van der Waals surface area contributed by atoms with Crippen molar-refractivity contribution in [1.29, 1.82) is 0 Å². The maximum absolute atomic E-state index is 14.5. The molecule has 0 aliphatic rings. The highest BCUT2D eigenvalue weighted by atomic mass is 35.5. The summed E-state index contributed by atoms with van der Waals surface area (Å²) in [6.07, 6.45) is 1.05. The molecule has 0 spiro atoms. The van der Waals surface area contributed by atoms with Crippen LogP contribution >= 0.6 is 11.6 Å². The predicted octanol–water partition coefficient (Wildman–Crippen LogP) is 4.65. The van der Waals surface area contributed by atoms with Gasteiger partial charge in [0.1, 0.15) is 0 Å². The molecule has 2 nitrogen and oxygen atoms in total. The van der Waals surface area contributed by atoms with E-state index in [1.54, 1.807) is 24.3 Å². The number of rotatable bonds is 6. The van der Waals surface area contributed by atoms with Gasteiger partial charge in [0.2, 0.25) is 0 Å². The Hall–Kier alpha value is -1.58. The number of nitrogens with one attached hydrogen (secondary N) is 1. The summed E-state index contributed by atoms with van der Waals surface area (Å²) in [4.78, 5) is 0. The molecule has 1 N–H and O–H groups in total. The van der Waals surface area contributed by atoms with Crippen molar-refractivity contribution in [3.63, 3.8) is 0 Å². The first kappa shape index (κ1) is 15.8. The monoisotopic (exact) mass is 307 g/mol. The van der Waals surface area contributed by atoms with Gasteiger partial charge in [0, 0.05) is 17.1 Å². The van der Waals surface area contributed by atoms with Crippen LogP contribution in [0.2, 0.25) is 5.02 Å². The molecule has 0 radical (unpaired) electrons. The Labute approximate surface area is 129 Å². The number of halogens is 2. The summed E-state index contributed by atoms with van der Waals surface area (Å²) >= 11 is 6.08. The summed E-state index contributed by atoms with van der Waals surface area (Å²) in [6, 6.07) is 10.7. The van der Waals surface area contributed by atoms with Crippen molar-refractivity contribution in [3.8, 4) is 16.9 Å². The van der Waals surface area contributed by atoms with E-state index in [2.05, 4.69) is 12.2 Å². The van der Waals surface area contributed by atoms with E-state index < -0.39 is 0 Å². The lowest BCUT2D eigenvalue weighted by atomic mass is 9.98. The summed E-state index contributed by atoms with van der Waals surface area (Å²) in [5.74, 6) is -0.126. The fraction of sp³-hybridized carbons (Fsp3) is 0.294. The molecule has 112 valence electrons. The number of benzene rings is 2. The van der Waals surface area contributed by atoms with Crippen LogP contribution in [0, 0.1) is 5.82 Å². The highest BCUT2D eigenvalue weighted by Gasteiger charge is 2.14. The molecule has 0 aliphatic carbocycles. The highest BCUT2D eigenvalue weighted by Crippen LogP contribution is 2.33. The minimum Gasteiger partial charge on any atom is -0.494 e. The maximum Gasteiger partial charge on any atom is 0.172 e. The second kappa shape index (κ2) is 7.43. The molecule has 21 heavy (non-hydrogen) atoms. The standard InChI is InChI=1S/C17H19ClFNO/c1-3-9-20-11-12-7-8-13(18)10-15(12)14-5-4-6-16(21-2)17(14)19/h4-8,10,20H,3,9,11H2,1-2H3. The van der Waals surface area contributed by atoms with Crippen LogP contribution in [-0.2, 0) is 6.54 Å². The Morgan fingerprint density at radius 3 is 2.71 bits per heavy atom. The topological polar surface area (TPSA) is 21.3 Å². The predicted molar refractivity (Wildman–Crippen MR) is 85.4 cm³/mol. The molecule has 0 heterocycles. The zero-order valence-corrected chi connectivity index (χ0v) is 13.0. The molecule has 0 atom stereocenters. The quantitative estimate of drug-likeness (QED) is 0.784. The molecule has 4 heteroatoms. The van der Waals surface area contributed by atoms with Gasteiger partial charge in [-0.05, 0) is 42.3 Å². The number of methoxy groups -OCH3 is 1. The number of hydrogen-bond acceptors (Lipinski definition) is 2. The van der Waals surface area contributed by atoms with E-state index in [-0.39, 0.29) is 11.6 Å². The van der Waals surface area contributed by atoms with Gasteiger partial charge in [-0.2, -0.15) is 0 Å². The molecule has 0 bridgehead atoms. The molecule has 2 aromatic rings. The van der Waals surface area contributed by atoms with Crippen LogP contribution < -0.4 is 10.1 Å². The van der Waals surface area contributed by atoms with E-state index in [4.69, 9.17) is 16.3 Å². The van der Waals surface area contributed by atoms with Crippen LogP contribution in [0.4, 0.5) is 4.39 Å². The molecular weight excluding hydrogens is 289 g/mol.